The molecule has 8 nitrogen and oxygen atoms in total. The molecule has 0 aromatic heterocycles. The van der Waals surface area contributed by atoms with Crippen molar-refractivity contribution in [3.8, 4) is 11.5 Å². The van der Waals surface area contributed by atoms with Crippen LogP contribution in [-0.2, 0) is 16.0 Å². The smallest absolute Gasteiger partial charge is 0.238 e. The maximum Gasteiger partial charge on any atom is 0.238 e. The fourth-order valence-corrected chi connectivity index (χ4v) is 5.94. The van der Waals surface area contributed by atoms with E-state index in [0.29, 0.717) is 30.3 Å². The van der Waals surface area contributed by atoms with E-state index in [0.717, 1.165) is 60.7 Å². The zero-order valence-corrected chi connectivity index (χ0v) is 22.9. The number of amides is 1. The molecule has 0 radical (unpaired) electrons. The summed E-state index contributed by atoms with van der Waals surface area (Å²) >= 11 is -1.07. The predicted octanol–water partition coefficient (Wildman–Crippen LogP) is 2.97. The number of carbonyl (C=O) groups is 1. The van der Waals surface area contributed by atoms with Crippen molar-refractivity contribution in [3.63, 3.8) is 0 Å². The van der Waals surface area contributed by atoms with E-state index in [2.05, 4.69) is 22.0 Å². The molecule has 0 spiro atoms. The number of unbranched alkanes of at least 4 members (excludes halogenated alkanes) is 1. The second-order valence-electron chi connectivity index (χ2n) is 9.94. The summed E-state index contributed by atoms with van der Waals surface area (Å²) in [6.45, 7) is 10.2. The Hall–Kier alpha value is -2.30. The van der Waals surface area contributed by atoms with Crippen LogP contribution >= 0.6 is 0 Å². The van der Waals surface area contributed by atoms with E-state index >= 15 is 0 Å². The fraction of sp³-hybridized carbons (Fsp3) is 0.536. The highest BCUT2D eigenvalue weighted by Gasteiger charge is 2.31. The third-order valence-electron chi connectivity index (χ3n) is 6.99. The quantitative estimate of drug-likeness (QED) is 0.457. The average molecular weight is 530 g/mol. The van der Waals surface area contributed by atoms with Crippen LogP contribution in [0.15, 0.2) is 41.3 Å². The predicted molar refractivity (Wildman–Crippen MR) is 146 cm³/mol. The number of aryl methyl sites for hydroxylation is 2. The first-order valence-corrected chi connectivity index (χ1v) is 14.5. The van der Waals surface area contributed by atoms with Gasteiger partial charge >= 0.3 is 0 Å². The number of carbonyl (C=O) groups excluding carboxylic acids is 1. The first kappa shape index (κ1) is 27.7. The molecule has 1 saturated heterocycles. The van der Waals surface area contributed by atoms with Crippen molar-refractivity contribution >= 4 is 22.8 Å². The topological polar surface area (TPSA) is 97.3 Å². The molecule has 0 saturated carbocycles. The van der Waals surface area contributed by atoms with Gasteiger partial charge in [-0.1, -0.05) is 31.5 Å². The minimum Gasteiger partial charge on any atom is -0.611 e. The van der Waals surface area contributed by atoms with E-state index in [1.54, 1.807) is 12.1 Å². The van der Waals surface area contributed by atoms with Crippen molar-refractivity contribution < 1.29 is 23.9 Å². The molecule has 1 amide bonds. The molecule has 37 heavy (non-hydrogen) atoms. The van der Waals surface area contributed by atoms with Gasteiger partial charge in [0.1, 0.15) is 18.5 Å². The largest absolute Gasteiger partial charge is 0.611 e. The van der Waals surface area contributed by atoms with E-state index in [9.17, 15) is 14.5 Å². The second-order valence-corrected chi connectivity index (χ2v) is 11.5. The van der Waals surface area contributed by atoms with Crippen LogP contribution in [0.5, 0.6) is 11.5 Å². The van der Waals surface area contributed by atoms with Gasteiger partial charge in [-0.25, -0.2) is 0 Å². The van der Waals surface area contributed by atoms with Crippen LogP contribution in [0.4, 0.5) is 5.69 Å². The Balaban J connectivity index is 1.23. The van der Waals surface area contributed by atoms with Crippen molar-refractivity contribution in [2.45, 2.75) is 50.7 Å². The Morgan fingerprint density at radius 2 is 1.84 bits per heavy atom. The normalized spacial score (nSPS) is 19.9. The SMILES string of the molecule is CCCC[S+]([O-])c1ccc2c(c1)OC(C(O)CN1CCN(CC(=O)Nc3c(C)cccc3C)CC1)CO2. The van der Waals surface area contributed by atoms with Gasteiger partial charge in [-0.2, -0.15) is 0 Å². The number of anilines is 1. The molecule has 3 atom stereocenters. The Bertz CT molecular complexity index is 1040. The number of aliphatic hydroxyl groups is 1. The molecule has 0 bridgehead atoms. The molecule has 1 fully saturated rings. The number of nitrogens with one attached hydrogen (secondary N) is 1. The maximum atomic E-state index is 12.6. The lowest BCUT2D eigenvalue weighted by molar-refractivity contribution is -0.117. The third-order valence-corrected chi connectivity index (χ3v) is 8.43. The average Bonchev–Trinajstić information content (AvgIpc) is 2.90. The molecular weight excluding hydrogens is 490 g/mol. The summed E-state index contributed by atoms with van der Waals surface area (Å²) in [5.74, 6) is 1.78. The van der Waals surface area contributed by atoms with Gasteiger partial charge < -0.3 is 24.4 Å². The van der Waals surface area contributed by atoms with E-state index in [-0.39, 0.29) is 12.5 Å². The lowest BCUT2D eigenvalue weighted by Crippen LogP contribution is -2.53. The van der Waals surface area contributed by atoms with Crippen LogP contribution in [0, 0.1) is 13.8 Å². The van der Waals surface area contributed by atoms with E-state index in [1.165, 1.54) is 0 Å². The molecular formula is C28H39N3O5S. The molecule has 2 aliphatic heterocycles. The minimum atomic E-state index is -1.07. The minimum absolute atomic E-state index is 0.00713. The molecule has 2 aliphatic rings. The Labute approximate surface area is 223 Å². The maximum absolute atomic E-state index is 12.6. The standard InChI is InChI=1S/C28H39N3O5S/c1-4-5-15-37(34)22-9-10-24-25(16-22)36-26(19-35-24)23(32)17-30-11-13-31(14-12-30)18-27(33)29-28-20(2)7-6-8-21(28)3/h6-10,16,23,26,32H,4-5,11-15,17-19H2,1-3H3,(H,29,33). The summed E-state index contributed by atoms with van der Waals surface area (Å²) in [7, 11) is 0. The highest BCUT2D eigenvalue weighted by Crippen LogP contribution is 2.35. The number of fused-ring (bicyclic) bond motifs is 1. The number of hydrogen-bond acceptors (Lipinski definition) is 7. The van der Waals surface area contributed by atoms with Gasteiger partial charge in [-0.3, -0.25) is 14.6 Å². The van der Waals surface area contributed by atoms with Crippen LogP contribution in [0.3, 0.4) is 0 Å². The Morgan fingerprint density at radius 3 is 2.54 bits per heavy atom. The second kappa shape index (κ2) is 13.0. The van der Waals surface area contributed by atoms with Crippen LogP contribution in [0.1, 0.15) is 30.9 Å². The summed E-state index contributed by atoms with van der Waals surface area (Å²) in [5, 5.41) is 13.9. The first-order valence-electron chi connectivity index (χ1n) is 13.1. The lowest BCUT2D eigenvalue weighted by Gasteiger charge is -2.37. The van der Waals surface area contributed by atoms with Crippen LogP contribution in [0.25, 0.3) is 0 Å². The summed E-state index contributed by atoms with van der Waals surface area (Å²) in [4.78, 5) is 17.7. The number of para-hydroxylation sites is 1. The van der Waals surface area contributed by atoms with Crippen LogP contribution in [-0.4, -0.2) is 89.2 Å². The van der Waals surface area contributed by atoms with Crippen molar-refractivity contribution in [1.82, 2.24) is 9.80 Å². The number of nitrogens with zero attached hydrogens (tertiary/aromatic N) is 2. The highest BCUT2D eigenvalue weighted by molar-refractivity contribution is 7.91. The lowest BCUT2D eigenvalue weighted by atomic mass is 10.1. The first-order chi connectivity index (χ1) is 17.8. The summed E-state index contributed by atoms with van der Waals surface area (Å²) in [6, 6.07) is 11.4. The van der Waals surface area contributed by atoms with Gasteiger partial charge in [-0.15, -0.1) is 0 Å². The molecule has 2 N–H and O–H groups in total. The Kier molecular flexibility index (Phi) is 9.72. The number of aliphatic hydroxyl groups excluding tert-OH is 1. The monoisotopic (exact) mass is 529 g/mol. The van der Waals surface area contributed by atoms with Crippen LogP contribution in [0.2, 0.25) is 0 Å². The number of hydrogen-bond donors (Lipinski definition) is 2. The molecule has 2 aromatic rings. The number of ether oxygens (including phenoxy) is 2. The van der Waals surface area contributed by atoms with Gasteiger partial charge in [0, 0.05) is 44.5 Å². The zero-order valence-electron chi connectivity index (χ0n) is 22.1. The molecule has 9 heteroatoms. The van der Waals surface area contributed by atoms with E-state index in [4.69, 9.17) is 9.47 Å². The van der Waals surface area contributed by atoms with Crippen molar-refractivity contribution in [2.24, 2.45) is 0 Å². The molecule has 0 aliphatic carbocycles. The summed E-state index contributed by atoms with van der Waals surface area (Å²) in [5.41, 5.74) is 3.01. The van der Waals surface area contributed by atoms with Crippen molar-refractivity contribution in [1.29, 1.82) is 0 Å². The molecule has 202 valence electrons. The van der Waals surface area contributed by atoms with E-state index < -0.39 is 23.4 Å². The number of rotatable bonds is 10. The van der Waals surface area contributed by atoms with Gasteiger partial charge in [0.2, 0.25) is 5.91 Å². The van der Waals surface area contributed by atoms with Crippen molar-refractivity contribution in [3.05, 3.63) is 47.5 Å². The van der Waals surface area contributed by atoms with Gasteiger partial charge in [0.05, 0.1) is 6.54 Å². The van der Waals surface area contributed by atoms with Gasteiger partial charge in [0.25, 0.3) is 0 Å². The molecule has 2 aromatic carbocycles. The van der Waals surface area contributed by atoms with E-state index in [1.807, 2.05) is 38.1 Å². The van der Waals surface area contributed by atoms with Gasteiger partial charge in [0.15, 0.2) is 22.5 Å². The number of benzene rings is 2. The summed E-state index contributed by atoms with van der Waals surface area (Å²) < 4.78 is 24.4. The van der Waals surface area contributed by atoms with Crippen LogP contribution < -0.4 is 14.8 Å². The summed E-state index contributed by atoms with van der Waals surface area (Å²) in [6.07, 6.45) is 0.695. The molecule has 3 unspecified atom stereocenters. The van der Waals surface area contributed by atoms with Crippen molar-refractivity contribution in [2.75, 3.05) is 56.9 Å². The zero-order chi connectivity index (χ0) is 26.4. The third kappa shape index (κ3) is 7.39. The van der Waals surface area contributed by atoms with Gasteiger partial charge in [-0.05, 0) is 54.7 Å². The Morgan fingerprint density at radius 1 is 1.14 bits per heavy atom. The molecule has 4 rings (SSSR count). The fourth-order valence-electron chi connectivity index (χ4n) is 4.70. The highest BCUT2D eigenvalue weighted by atomic mass is 32.2. The number of β-amino-alcohol motifs (C(OH)–C–C–N with tert-alkyl or cyclic N) is 1. The number of piperazine rings is 1. The molecule has 2 heterocycles.